The minimum absolute atomic E-state index is 0.228. The molecule has 0 saturated carbocycles. The second kappa shape index (κ2) is 12.7. The second-order valence-electron chi connectivity index (χ2n) is 15.1. The van der Waals surface area contributed by atoms with Gasteiger partial charge in [-0.1, -0.05) is 146 Å². The van der Waals surface area contributed by atoms with E-state index in [1.807, 2.05) is 12.1 Å². The van der Waals surface area contributed by atoms with Crippen molar-refractivity contribution in [2.75, 3.05) is 4.90 Å². The summed E-state index contributed by atoms with van der Waals surface area (Å²) >= 11 is 0. The molecule has 0 fully saturated rings. The molecule has 2 aliphatic heterocycles. The topological polar surface area (TPSA) is 65.9 Å². The zero-order valence-corrected chi connectivity index (χ0v) is 30.8. The predicted molar refractivity (Wildman–Crippen MR) is 231 cm³/mol. The highest BCUT2D eigenvalue weighted by Crippen LogP contribution is 2.49. The summed E-state index contributed by atoms with van der Waals surface area (Å²) < 4.78 is 13.5. The molecule has 0 amide bonds. The van der Waals surface area contributed by atoms with Gasteiger partial charge in [0.1, 0.15) is 40.5 Å². The van der Waals surface area contributed by atoms with Crippen molar-refractivity contribution < 1.29 is 8.83 Å². The van der Waals surface area contributed by atoms with Crippen molar-refractivity contribution in [3.05, 3.63) is 204 Å². The lowest BCUT2D eigenvalue weighted by atomic mass is 9.91. The first kappa shape index (κ1) is 32.1. The summed E-state index contributed by atoms with van der Waals surface area (Å²) in [4.78, 5) is 7.64. The number of hydrogen-bond acceptors (Lipinski definition) is 6. The average molecular weight is 737 g/mol. The van der Waals surface area contributed by atoms with Crippen molar-refractivity contribution in [1.29, 1.82) is 0 Å². The number of allylic oxidation sites excluding steroid dienone is 2. The van der Waals surface area contributed by atoms with Gasteiger partial charge < -0.3 is 19.1 Å². The van der Waals surface area contributed by atoms with E-state index in [1.165, 1.54) is 11.3 Å². The van der Waals surface area contributed by atoms with E-state index in [-0.39, 0.29) is 18.4 Å². The molecule has 4 heterocycles. The first-order valence-electron chi connectivity index (χ1n) is 19.6. The number of benzene rings is 7. The molecule has 57 heavy (non-hydrogen) atoms. The van der Waals surface area contributed by atoms with Crippen molar-refractivity contribution in [3.63, 3.8) is 0 Å². The van der Waals surface area contributed by atoms with E-state index in [1.54, 1.807) is 0 Å². The van der Waals surface area contributed by atoms with E-state index < -0.39 is 0 Å². The number of amidine groups is 1. The molecule has 0 bridgehead atoms. The van der Waals surface area contributed by atoms with Gasteiger partial charge in [0, 0.05) is 55.5 Å². The van der Waals surface area contributed by atoms with Gasteiger partial charge in [0.25, 0.3) is 0 Å². The van der Waals surface area contributed by atoms with Gasteiger partial charge in [0.15, 0.2) is 0 Å². The number of anilines is 2. The summed E-state index contributed by atoms with van der Waals surface area (Å²) in [6.07, 6.45) is 8.47. The molecule has 1 aliphatic carbocycles. The minimum Gasteiger partial charge on any atom is -0.456 e. The molecule has 4 unspecified atom stereocenters. The van der Waals surface area contributed by atoms with Crippen molar-refractivity contribution in [2.45, 2.75) is 24.3 Å². The summed E-state index contributed by atoms with van der Waals surface area (Å²) in [5.74, 6) is 1.17. The predicted octanol–water partition coefficient (Wildman–Crippen LogP) is 12.2. The van der Waals surface area contributed by atoms with E-state index >= 15 is 0 Å². The van der Waals surface area contributed by atoms with Gasteiger partial charge in [-0.3, -0.25) is 5.32 Å². The van der Waals surface area contributed by atoms with E-state index in [0.717, 1.165) is 83.2 Å². The lowest BCUT2D eigenvalue weighted by molar-refractivity contribution is 0.411. The fraction of sp³-hybridized carbons (Fsp3) is 0.0784. The van der Waals surface area contributed by atoms with Crippen molar-refractivity contribution in [3.8, 4) is 11.1 Å². The van der Waals surface area contributed by atoms with Crippen LogP contribution in [0.4, 0.5) is 11.4 Å². The highest BCUT2D eigenvalue weighted by Gasteiger charge is 2.37. The van der Waals surface area contributed by atoms with Gasteiger partial charge in [-0.25, -0.2) is 4.99 Å². The maximum Gasteiger partial charge on any atom is 0.143 e. The molecule has 2 N–H and O–H groups in total. The van der Waals surface area contributed by atoms with Gasteiger partial charge in [0.2, 0.25) is 0 Å². The molecule has 272 valence electrons. The Morgan fingerprint density at radius 3 is 2.19 bits per heavy atom. The maximum atomic E-state index is 6.83. The van der Waals surface area contributed by atoms with E-state index in [2.05, 4.69) is 185 Å². The smallest absolute Gasteiger partial charge is 0.143 e. The molecule has 6 heteroatoms. The standard InChI is InChI=1S/C51H36N4O2/c1-3-14-31(15-4-1)49-52-50(32-16-5-2-6-17-32)54-51(53-49)39-23-13-27-45-47(39)46-36(20-12-26-44(46)56-45)37-21-11-22-38-40-30-33(28-29-43(40)57-48(37)38)55-41-24-9-7-18-34(41)35-19-8-10-25-42(35)55/h1-30,34,41,49,51,53H,(H,52,54). The normalized spacial score (nSPS) is 19.9. The third-order valence-electron chi connectivity index (χ3n) is 11.9. The number of nitrogens with one attached hydrogen (secondary N) is 2. The van der Waals surface area contributed by atoms with Crippen LogP contribution in [0.15, 0.2) is 196 Å². The van der Waals surface area contributed by atoms with Gasteiger partial charge in [-0.15, -0.1) is 0 Å². The number of para-hydroxylation sites is 2. The SMILES string of the molecule is C1=CC2c3ccccc3N(c3ccc4oc5c(-c6cccc7oc8cccc(C9NC(c%10ccccc%10)=NC(c%10ccccc%10)N9)c8c67)cccc5c4c3)C2C=C1. The molecule has 0 saturated heterocycles. The fourth-order valence-electron chi connectivity index (χ4n) is 9.36. The van der Waals surface area contributed by atoms with Crippen molar-refractivity contribution in [1.82, 2.24) is 10.6 Å². The van der Waals surface area contributed by atoms with Crippen LogP contribution in [0.25, 0.3) is 55.0 Å². The highest BCUT2D eigenvalue weighted by atomic mass is 16.3. The monoisotopic (exact) mass is 736 g/mol. The van der Waals surface area contributed by atoms with Crippen LogP contribution >= 0.6 is 0 Å². The molecular weight excluding hydrogens is 701 g/mol. The van der Waals surface area contributed by atoms with Crippen LogP contribution in [0, 0.1) is 0 Å². The van der Waals surface area contributed by atoms with Crippen LogP contribution in [0.5, 0.6) is 0 Å². The molecule has 3 aliphatic rings. The largest absolute Gasteiger partial charge is 0.456 e. The first-order valence-corrected chi connectivity index (χ1v) is 19.6. The van der Waals surface area contributed by atoms with Gasteiger partial charge >= 0.3 is 0 Å². The summed E-state index contributed by atoms with van der Waals surface area (Å²) in [6, 6.07) is 55.6. The number of aliphatic imine (C=N–C) groups is 1. The number of furan rings is 2. The Bertz CT molecular complexity index is 3120. The molecule has 7 aromatic carbocycles. The van der Waals surface area contributed by atoms with Crippen molar-refractivity contribution >= 4 is 61.1 Å². The van der Waals surface area contributed by atoms with E-state index in [0.29, 0.717) is 5.92 Å². The Balaban J connectivity index is 1.00. The summed E-state index contributed by atoms with van der Waals surface area (Å²) in [5.41, 5.74) is 12.5. The lowest BCUT2D eigenvalue weighted by Gasteiger charge is -2.32. The molecule has 2 aromatic heterocycles. The Kier molecular flexibility index (Phi) is 7.16. The molecule has 0 spiro atoms. The third-order valence-corrected chi connectivity index (χ3v) is 11.9. The summed E-state index contributed by atoms with van der Waals surface area (Å²) in [6.45, 7) is 0. The molecule has 0 radical (unpaired) electrons. The number of fused-ring (bicyclic) bond motifs is 9. The highest BCUT2D eigenvalue weighted by molar-refractivity contribution is 6.18. The number of rotatable bonds is 5. The summed E-state index contributed by atoms with van der Waals surface area (Å²) in [5, 5.41) is 11.9. The minimum atomic E-state index is -0.259. The molecular formula is C51H36N4O2. The van der Waals surface area contributed by atoms with Crippen LogP contribution in [-0.2, 0) is 0 Å². The second-order valence-corrected chi connectivity index (χ2v) is 15.1. The number of nitrogens with zero attached hydrogens (tertiary/aromatic N) is 2. The van der Waals surface area contributed by atoms with E-state index in [9.17, 15) is 0 Å². The third kappa shape index (κ3) is 5.04. The van der Waals surface area contributed by atoms with Gasteiger partial charge in [-0.2, -0.15) is 0 Å². The lowest BCUT2D eigenvalue weighted by Crippen LogP contribution is -2.45. The quantitative estimate of drug-likeness (QED) is 0.184. The first-order chi connectivity index (χ1) is 28.3. The van der Waals surface area contributed by atoms with Gasteiger partial charge in [-0.05, 0) is 53.1 Å². The van der Waals surface area contributed by atoms with Crippen LogP contribution < -0.4 is 15.5 Å². The zero-order chi connectivity index (χ0) is 37.5. The number of hydrogen-bond donors (Lipinski definition) is 2. The Hall–Kier alpha value is -7.15. The zero-order valence-electron chi connectivity index (χ0n) is 30.8. The van der Waals surface area contributed by atoms with Crippen LogP contribution in [0.3, 0.4) is 0 Å². The van der Waals surface area contributed by atoms with E-state index in [4.69, 9.17) is 13.8 Å². The molecule has 6 nitrogen and oxygen atoms in total. The molecule has 12 rings (SSSR count). The van der Waals surface area contributed by atoms with Crippen molar-refractivity contribution in [2.24, 2.45) is 4.99 Å². The fourth-order valence-corrected chi connectivity index (χ4v) is 9.36. The average Bonchev–Trinajstić information content (AvgIpc) is 3.96. The molecule has 9 aromatic rings. The summed E-state index contributed by atoms with van der Waals surface area (Å²) in [7, 11) is 0. The van der Waals surface area contributed by atoms with Gasteiger partial charge in [0.05, 0.1) is 6.04 Å². The van der Waals surface area contributed by atoms with Crippen LogP contribution in [0.2, 0.25) is 0 Å². The Morgan fingerprint density at radius 2 is 1.30 bits per heavy atom. The van der Waals surface area contributed by atoms with Crippen LogP contribution in [-0.4, -0.2) is 11.9 Å². The van der Waals surface area contributed by atoms with Crippen LogP contribution in [0.1, 0.15) is 40.5 Å². The molecule has 4 atom stereocenters. The Labute approximate surface area is 329 Å². The Morgan fingerprint density at radius 1 is 0.561 bits per heavy atom. The maximum absolute atomic E-state index is 6.83.